The number of hydrogen-bond donors (Lipinski definition) is 2. The SMILES string of the molecule is CC(CNCc1cc2c(cc1Br)OCO2)NC(=O)OC(C)(C)C. The van der Waals surface area contributed by atoms with Crippen molar-refractivity contribution in [2.24, 2.45) is 0 Å². The van der Waals surface area contributed by atoms with Crippen LogP contribution in [0.2, 0.25) is 0 Å². The van der Waals surface area contributed by atoms with Gasteiger partial charge in [0, 0.05) is 23.6 Å². The predicted octanol–water partition coefficient (Wildman–Crippen LogP) is 3.18. The smallest absolute Gasteiger partial charge is 0.407 e. The van der Waals surface area contributed by atoms with Crippen LogP contribution in [0.1, 0.15) is 33.3 Å². The lowest BCUT2D eigenvalue weighted by molar-refractivity contribution is 0.0508. The second-order valence-electron chi connectivity index (χ2n) is 6.48. The van der Waals surface area contributed by atoms with Crippen LogP contribution in [-0.4, -0.2) is 31.1 Å². The first-order chi connectivity index (χ1) is 10.7. The molecule has 0 saturated carbocycles. The fraction of sp³-hybridized carbons (Fsp3) is 0.562. The highest BCUT2D eigenvalue weighted by atomic mass is 79.9. The summed E-state index contributed by atoms with van der Waals surface area (Å²) in [6.45, 7) is 8.98. The van der Waals surface area contributed by atoms with Gasteiger partial charge < -0.3 is 24.8 Å². The lowest BCUT2D eigenvalue weighted by Crippen LogP contribution is -2.42. The summed E-state index contributed by atoms with van der Waals surface area (Å²) in [5, 5.41) is 6.10. The molecule has 1 aliphatic heterocycles. The first kappa shape index (κ1) is 17.9. The van der Waals surface area contributed by atoms with E-state index in [2.05, 4.69) is 26.6 Å². The quantitative estimate of drug-likeness (QED) is 0.812. The lowest BCUT2D eigenvalue weighted by atomic mass is 10.2. The number of rotatable bonds is 5. The molecule has 128 valence electrons. The van der Waals surface area contributed by atoms with E-state index in [4.69, 9.17) is 14.2 Å². The van der Waals surface area contributed by atoms with Gasteiger partial charge in [-0.3, -0.25) is 0 Å². The van der Waals surface area contributed by atoms with Crippen LogP contribution in [0.5, 0.6) is 11.5 Å². The van der Waals surface area contributed by atoms with E-state index in [1.165, 1.54) is 0 Å². The van der Waals surface area contributed by atoms with Gasteiger partial charge in [-0.2, -0.15) is 0 Å². The van der Waals surface area contributed by atoms with E-state index >= 15 is 0 Å². The first-order valence-electron chi connectivity index (χ1n) is 7.53. The molecule has 1 unspecified atom stereocenters. The molecule has 6 nitrogen and oxygen atoms in total. The van der Waals surface area contributed by atoms with E-state index in [0.717, 1.165) is 21.5 Å². The fourth-order valence-corrected chi connectivity index (χ4v) is 2.54. The molecule has 0 radical (unpaired) electrons. The van der Waals surface area contributed by atoms with Crippen LogP contribution in [0.15, 0.2) is 16.6 Å². The summed E-state index contributed by atoms with van der Waals surface area (Å²) in [4.78, 5) is 11.7. The third-order valence-electron chi connectivity index (χ3n) is 3.07. The molecule has 2 rings (SSSR count). The summed E-state index contributed by atoms with van der Waals surface area (Å²) in [7, 11) is 0. The normalized spacial score (nSPS) is 14.5. The molecule has 0 saturated heterocycles. The van der Waals surface area contributed by atoms with E-state index < -0.39 is 11.7 Å². The maximum atomic E-state index is 11.7. The largest absolute Gasteiger partial charge is 0.454 e. The van der Waals surface area contributed by atoms with Gasteiger partial charge in [0.05, 0.1) is 0 Å². The Morgan fingerprint density at radius 1 is 1.35 bits per heavy atom. The number of halogens is 1. The average Bonchev–Trinajstić information content (AvgIpc) is 2.83. The zero-order valence-corrected chi connectivity index (χ0v) is 15.5. The van der Waals surface area contributed by atoms with E-state index in [1.54, 1.807) is 0 Å². The van der Waals surface area contributed by atoms with Gasteiger partial charge in [0.2, 0.25) is 6.79 Å². The van der Waals surface area contributed by atoms with Crippen molar-refractivity contribution in [1.29, 1.82) is 0 Å². The second kappa shape index (κ2) is 7.40. The molecular formula is C16H23BrN2O4. The zero-order chi connectivity index (χ0) is 17.0. The van der Waals surface area contributed by atoms with Crippen molar-refractivity contribution in [3.05, 3.63) is 22.2 Å². The first-order valence-corrected chi connectivity index (χ1v) is 8.32. The van der Waals surface area contributed by atoms with Crippen LogP contribution in [0.4, 0.5) is 4.79 Å². The van der Waals surface area contributed by atoms with E-state index in [1.807, 2.05) is 39.8 Å². The van der Waals surface area contributed by atoms with Gasteiger partial charge in [0.25, 0.3) is 0 Å². The number of carbonyl (C=O) groups is 1. The molecule has 1 aromatic carbocycles. The third-order valence-corrected chi connectivity index (χ3v) is 3.81. The molecule has 0 aromatic heterocycles. The number of hydrogen-bond acceptors (Lipinski definition) is 5. The second-order valence-corrected chi connectivity index (χ2v) is 7.33. The molecule has 0 aliphatic carbocycles. The highest BCUT2D eigenvalue weighted by Crippen LogP contribution is 2.36. The molecule has 7 heteroatoms. The average molecular weight is 387 g/mol. The van der Waals surface area contributed by atoms with Crippen molar-refractivity contribution in [1.82, 2.24) is 10.6 Å². The van der Waals surface area contributed by atoms with Gasteiger partial charge in [-0.1, -0.05) is 15.9 Å². The van der Waals surface area contributed by atoms with Crippen LogP contribution in [0, 0.1) is 0 Å². The van der Waals surface area contributed by atoms with Crippen molar-refractivity contribution in [2.75, 3.05) is 13.3 Å². The molecule has 0 bridgehead atoms. The summed E-state index contributed by atoms with van der Waals surface area (Å²) in [5.41, 5.74) is 0.577. The number of ether oxygens (including phenoxy) is 3. The number of fused-ring (bicyclic) bond motifs is 1. The van der Waals surface area contributed by atoms with Gasteiger partial charge in [-0.15, -0.1) is 0 Å². The Kier molecular flexibility index (Phi) is 5.75. The summed E-state index contributed by atoms with van der Waals surface area (Å²) in [5.74, 6) is 1.51. The van der Waals surface area contributed by atoms with Crippen LogP contribution in [0.3, 0.4) is 0 Å². The minimum atomic E-state index is -0.491. The Bertz CT molecular complexity index is 572. The summed E-state index contributed by atoms with van der Waals surface area (Å²) in [6.07, 6.45) is -0.406. The highest BCUT2D eigenvalue weighted by molar-refractivity contribution is 9.10. The Balaban J connectivity index is 1.78. The van der Waals surface area contributed by atoms with Gasteiger partial charge in [0.1, 0.15) is 5.60 Å². The number of alkyl carbamates (subject to hydrolysis) is 1. The number of carbonyl (C=O) groups excluding carboxylic acids is 1. The lowest BCUT2D eigenvalue weighted by Gasteiger charge is -2.22. The van der Waals surface area contributed by atoms with Crippen LogP contribution < -0.4 is 20.1 Å². The van der Waals surface area contributed by atoms with Crippen molar-refractivity contribution in [3.8, 4) is 11.5 Å². The number of benzene rings is 1. The molecular weight excluding hydrogens is 364 g/mol. The Morgan fingerprint density at radius 2 is 2.00 bits per heavy atom. The van der Waals surface area contributed by atoms with E-state index in [-0.39, 0.29) is 12.8 Å². The third kappa shape index (κ3) is 5.58. The van der Waals surface area contributed by atoms with E-state index in [0.29, 0.717) is 13.1 Å². The zero-order valence-electron chi connectivity index (χ0n) is 13.9. The number of amides is 1. The topological polar surface area (TPSA) is 68.8 Å². The van der Waals surface area contributed by atoms with Crippen LogP contribution in [0.25, 0.3) is 0 Å². The Labute approximate surface area is 145 Å². The standard InChI is InChI=1S/C16H23BrN2O4/c1-10(19-15(20)23-16(2,3)4)7-18-8-11-5-13-14(6-12(11)17)22-9-21-13/h5-6,10,18H,7-9H2,1-4H3,(H,19,20). The maximum Gasteiger partial charge on any atom is 0.407 e. The van der Waals surface area contributed by atoms with Gasteiger partial charge in [0.15, 0.2) is 11.5 Å². The molecule has 1 atom stereocenters. The summed E-state index contributed by atoms with van der Waals surface area (Å²) in [6, 6.07) is 3.81. The highest BCUT2D eigenvalue weighted by Gasteiger charge is 2.18. The van der Waals surface area contributed by atoms with Gasteiger partial charge in [-0.05, 0) is 45.4 Å². The summed E-state index contributed by atoms with van der Waals surface area (Å²) >= 11 is 3.53. The molecule has 23 heavy (non-hydrogen) atoms. The van der Waals surface area contributed by atoms with Crippen LogP contribution >= 0.6 is 15.9 Å². The molecule has 0 fully saturated rings. The molecule has 0 spiro atoms. The molecule has 2 N–H and O–H groups in total. The van der Waals surface area contributed by atoms with Gasteiger partial charge >= 0.3 is 6.09 Å². The van der Waals surface area contributed by atoms with Crippen molar-refractivity contribution in [3.63, 3.8) is 0 Å². The van der Waals surface area contributed by atoms with E-state index in [9.17, 15) is 4.79 Å². The van der Waals surface area contributed by atoms with Crippen LogP contribution in [-0.2, 0) is 11.3 Å². The molecule has 1 aromatic rings. The summed E-state index contributed by atoms with van der Waals surface area (Å²) < 4.78 is 16.9. The van der Waals surface area contributed by atoms with Gasteiger partial charge in [-0.25, -0.2) is 4.79 Å². The minimum absolute atomic E-state index is 0.0439. The fourth-order valence-electron chi connectivity index (χ4n) is 2.08. The molecule has 1 amide bonds. The number of nitrogens with one attached hydrogen (secondary N) is 2. The maximum absolute atomic E-state index is 11.7. The predicted molar refractivity (Wildman–Crippen MR) is 90.8 cm³/mol. The van der Waals surface area contributed by atoms with Crippen molar-refractivity contribution in [2.45, 2.75) is 45.9 Å². The van der Waals surface area contributed by atoms with Crippen molar-refractivity contribution >= 4 is 22.0 Å². The van der Waals surface area contributed by atoms with Crippen molar-refractivity contribution < 1.29 is 19.0 Å². The minimum Gasteiger partial charge on any atom is -0.454 e. The molecule has 1 heterocycles. The Hall–Kier alpha value is -1.47. The monoisotopic (exact) mass is 386 g/mol. The Morgan fingerprint density at radius 3 is 2.65 bits per heavy atom. The molecule has 1 aliphatic rings.